The van der Waals surface area contributed by atoms with Gasteiger partial charge in [-0.25, -0.2) is 4.98 Å². The fraction of sp³-hybridized carbons (Fsp3) is 0.304. The SMILES string of the molecule is CCc1ccc(-c2nc(C)c(C(=O)N[C@@H]3CCCc4ccccc43)s2)cc1. The van der Waals surface area contributed by atoms with E-state index >= 15 is 0 Å². The van der Waals surface area contributed by atoms with Crippen molar-refractivity contribution in [2.75, 3.05) is 0 Å². The van der Waals surface area contributed by atoms with Crippen LogP contribution in [0.1, 0.15) is 57.9 Å². The molecule has 1 aliphatic carbocycles. The van der Waals surface area contributed by atoms with Gasteiger partial charge in [0.15, 0.2) is 0 Å². The molecule has 1 atom stereocenters. The van der Waals surface area contributed by atoms with Crippen molar-refractivity contribution in [3.8, 4) is 10.6 Å². The number of hydrogen-bond donors (Lipinski definition) is 1. The van der Waals surface area contributed by atoms with Gasteiger partial charge < -0.3 is 5.32 Å². The van der Waals surface area contributed by atoms with E-state index in [0.29, 0.717) is 4.88 Å². The lowest BCUT2D eigenvalue weighted by Crippen LogP contribution is -2.30. The van der Waals surface area contributed by atoms with E-state index in [1.54, 1.807) is 0 Å². The third-order valence-corrected chi connectivity index (χ3v) is 6.49. The van der Waals surface area contributed by atoms with E-state index in [1.165, 1.54) is 28.0 Å². The van der Waals surface area contributed by atoms with Gasteiger partial charge in [-0.1, -0.05) is 55.5 Å². The van der Waals surface area contributed by atoms with Crippen molar-refractivity contribution in [1.29, 1.82) is 0 Å². The lowest BCUT2D eigenvalue weighted by atomic mass is 9.88. The number of carbonyl (C=O) groups excluding carboxylic acids is 1. The van der Waals surface area contributed by atoms with E-state index < -0.39 is 0 Å². The highest BCUT2D eigenvalue weighted by molar-refractivity contribution is 7.17. The molecule has 138 valence electrons. The largest absolute Gasteiger partial charge is 0.344 e. The topological polar surface area (TPSA) is 42.0 Å². The molecule has 2 aromatic carbocycles. The standard InChI is InChI=1S/C23H24N2OS/c1-3-16-11-13-18(14-12-16)23-24-15(2)21(27-23)22(26)25-20-10-6-8-17-7-4-5-9-19(17)20/h4-5,7,9,11-14,20H,3,6,8,10H2,1-2H3,(H,25,26)/t20-/m1/s1. The molecule has 0 bridgehead atoms. The smallest absolute Gasteiger partial charge is 0.263 e. The highest BCUT2D eigenvalue weighted by Crippen LogP contribution is 2.32. The third-order valence-electron chi connectivity index (χ3n) is 5.29. The number of benzene rings is 2. The summed E-state index contributed by atoms with van der Waals surface area (Å²) >= 11 is 1.48. The summed E-state index contributed by atoms with van der Waals surface area (Å²) in [5, 5.41) is 4.15. The summed E-state index contributed by atoms with van der Waals surface area (Å²) in [6, 6.07) is 17.0. The molecule has 0 spiro atoms. The maximum Gasteiger partial charge on any atom is 0.263 e. The van der Waals surface area contributed by atoms with Gasteiger partial charge >= 0.3 is 0 Å². The maximum atomic E-state index is 12.9. The Bertz CT molecular complexity index is 959. The van der Waals surface area contributed by atoms with E-state index in [9.17, 15) is 4.79 Å². The Morgan fingerprint density at radius 1 is 1.19 bits per heavy atom. The van der Waals surface area contributed by atoms with Crippen LogP contribution in [0, 0.1) is 6.92 Å². The molecule has 27 heavy (non-hydrogen) atoms. The molecule has 0 unspecified atom stereocenters. The van der Waals surface area contributed by atoms with Crippen LogP contribution in [0.25, 0.3) is 10.6 Å². The number of thiazole rings is 1. The molecule has 0 saturated carbocycles. The van der Waals surface area contributed by atoms with Crippen molar-refractivity contribution in [3.63, 3.8) is 0 Å². The third kappa shape index (κ3) is 3.67. The monoisotopic (exact) mass is 376 g/mol. The van der Waals surface area contributed by atoms with Gasteiger partial charge in [-0.2, -0.15) is 0 Å². The predicted molar refractivity (Wildman–Crippen MR) is 111 cm³/mol. The molecule has 1 aliphatic rings. The molecular weight excluding hydrogens is 352 g/mol. The molecule has 1 aromatic heterocycles. The van der Waals surface area contributed by atoms with Gasteiger partial charge in [0.2, 0.25) is 0 Å². The second kappa shape index (κ2) is 7.65. The first-order valence-corrected chi connectivity index (χ1v) is 10.4. The summed E-state index contributed by atoms with van der Waals surface area (Å²) in [7, 11) is 0. The number of aromatic nitrogens is 1. The van der Waals surface area contributed by atoms with Crippen LogP contribution in [0.2, 0.25) is 0 Å². The number of hydrogen-bond acceptors (Lipinski definition) is 3. The number of nitrogens with zero attached hydrogens (tertiary/aromatic N) is 1. The van der Waals surface area contributed by atoms with Gasteiger partial charge in [0, 0.05) is 5.56 Å². The highest BCUT2D eigenvalue weighted by atomic mass is 32.1. The minimum atomic E-state index is -0.0110. The zero-order chi connectivity index (χ0) is 18.8. The second-order valence-electron chi connectivity index (χ2n) is 7.10. The van der Waals surface area contributed by atoms with Crippen LogP contribution in [0.5, 0.6) is 0 Å². The number of nitrogens with one attached hydrogen (secondary N) is 1. The normalized spacial score (nSPS) is 16.0. The molecular formula is C23H24N2OS. The summed E-state index contributed by atoms with van der Waals surface area (Å²) in [4.78, 5) is 18.3. The van der Waals surface area contributed by atoms with E-state index in [1.807, 2.05) is 6.92 Å². The van der Waals surface area contributed by atoms with Gasteiger partial charge in [-0.15, -0.1) is 11.3 Å². The van der Waals surface area contributed by atoms with Crippen LogP contribution in [0.4, 0.5) is 0 Å². The van der Waals surface area contributed by atoms with Gasteiger partial charge in [-0.3, -0.25) is 4.79 Å². The highest BCUT2D eigenvalue weighted by Gasteiger charge is 2.24. The molecule has 0 radical (unpaired) electrons. The van der Waals surface area contributed by atoms with Gasteiger partial charge in [0.25, 0.3) is 5.91 Å². The van der Waals surface area contributed by atoms with Gasteiger partial charge in [-0.05, 0) is 49.3 Å². The lowest BCUT2D eigenvalue weighted by molar-refractivity contribution is 0.0936. The second-order valence-corrected chi connectivity index (χ2v) is 8.10. The maximum absolute atomic E-state index is 12.9. The number of aryl methyl sites for hydroxylation is 3. The number of fused-ring (bicyclic) bond motifs is 1. The van der Waals surface area contributed by atoms with Crippen LogP contribution in [-0.2, 0) is 12.8 Å². The average Bonchev–Trinajstić information content (AvgIpc) is 3.10. The molecule has 0 aliphatic heterocycles. The average molecular weight is 377 g/mol. The van der Waals surface area contributed by atoms with Crippen LogP contribution >= 0.6 is 11.3 Å². The molecule has 1 N–H and O–H groups in total. The predicted octanol–water partition coefficient (Wildman–Crippen LogP) is 5.49. The summed E-state index contributed by atoms with van der Waals surface area (Å²) < 4.78 is 0. The Balaban J connectivity index is 1.55. The molecule has 0 fully saturated rings. The Morgan fingerprint density at radius 3 is 2.74 bits per heavy atom. The lowest BCUT2D eigenvalue weighted by Gasteiger charge is -2.26. The summed E-state index contributed by atoms with van der Waals surface area (Å²) in [5.74, 6) is -0.0110. The van der Waals surface area contributed by atoms with Crippen molar-refractivity contribution in [2.24, 2.45) is 0 Å². The van der Waals surface area contributed by atoms with E-state index in [0.717, 1.165) is 41.9 Å². The Labute approximate surface area is 164 Å². The minimum Gasteiger partial charge on any atom is -0.344 e. The fourth-order valence-corrected chi connectivity index (χ4v) is 4.72. The zero-order valence-corrected chi connectivity index (χ0v) is 16.6. The number of carbonyl (C=O) groups is 1. The van der Waals surface area contributed by atoms with Crippen molar-refractivity contribution < 1.29 is 4.79 Å². The van der Waals surface area contributed by atoms with Gasteiger partial charge in [0.05, 0.1) is 11.7 Å². The van der Waals surface area contributed by atoms with Crippen molar-refractivity contribution >= 4 is 17.2 Å². The minimum absolute atomic E-state index is 0.0110. The van der Waals surface area contributed by atoms with Crippen LogP contribution in [-0.4, -0.2) is 10.9 Å². The zero-order valence-electron chi connectivity index (χ0n) is 15.8. The summed E-state index contributed by atoms with van der Waals surface area (Å²) in [5.41, 5.74) is 5.79. The molecule has 3 aromatic rings. The number of amides is 1. The first kappa shape index (κ1) is 17.9. The quantitative estimate of drug-likeness (QED) is 0.654. The first-order chi connectivity index (χ1) is 13.2. The van der Waals surface area contributed by atoms with Crippen LogP contribution < -0.4 is 5.32 Å². The molecule has 4 rings (SSSR count). The van der Waals surface area contributed by atoms with Crippen LogP contribution in [0.15, 0.2) is 48.5 Å². The molecule has 1 amide bonds. The van der Waals surface area contributed by atoms with Gasteiger partial charge in [0.1, 0.15) is 9.88 Å². The van der Waals surface area contributed by atoms with Crippen molar-refractivity contribution in [2.45, 2.75) is 45.6 Å². The van der Waals surface area contributed by atoms with Crippen LogP contribution in [0.3, 0.4) is 0 Å². The Hall–Kier alpha value is -2.46. The fourth-order valence-electron chi connectivity index (χ4n) is 3.74. The molecule has 1 heterocycles. The van der Waals surface area contributed by atoms with E-state index in [-0.39, 0.29) is 11.9 Å². The molecule has 3 nitrogen and oxygen atoms in total. The molecule has 4 heteroatoms. The Kier molecular flexibility index (Phi) is 5.08. The first-order valence-electron chi connectivity index (χ1n) is 9.61. The van der Waals surface area contributed by atoms with Crippen molar-refractivity contribution in [1.82, 2.24) is 10.3 Å². The summed E-state index contributed by atoms with van der Waals surface area (Å²) in [6.45, 7) is 4.07. The Morgan fingerprint density at radius 2 is 1.96 bits per heavy atom. The van der Waals surface area contributed by atoms with E-state index in [4.69, 9.17) is 0 Å². The summed E-state index contributed by atoms with van der Waals surface area (Å²) in [6.07, 6.45) is 4.22. The van der Waals surface area contributed by atoms with Crippen molar-refractivity contribution in [3.05, 3.63) is 75.8 Å². The number of rotatable bonds is 4. The molecule has 0 saturated heterocycles. The van der Waals surface area contributed by atoms with E-state index in [2.05, 4.69) is 65.8 Å².